The second kappa shape index (κ2) is 9.91. The van der Waals surface area contributed by atoms with Crippen molar-refractivity contribution in [1.29, 1.82) is 0 Å². The highest BCUT2D eigenvalue weighted by atomic mass is 35.5. The summed E-state index contributed by atoms with van der Waals surface area (Å²) in [7, 11) is -2.47. The van der Waals surface area contributed by atoms with Crippen molar-refractivity contribution in [2.75, 3.05) is 13.7 Å². The Kier molecular flexibility index (Phi) is 6.66. The maximum Gasteiger partial charge on any atom is 0.254 e. The zero-order valence-corrected chi connectivity index (χ0v) is 21.3. The summed E-state index contributed by atoms with van der Waals surface area (Å²) in [6.07, 6.45) is 3.39. The molecule has 0 N–H and O–H groups in total. The van der Waals surface area contributed by atoms with Gasteiger partial charge in [0.25, 0.3) is 5.91 Å². The molecule has 7 nitrogen and oxygen atoms in total. The molecule has 2 aromatic carbocycles. The van der Waals surface area contributed by atoms with Gasteiger partial charge in [-0.1, -0.05) is 23.7 Å². The van der Waals surface area contributed by atoms with E-state index in [1.807, 2.05) is 24.3 Å². The molecule has 0 unspecified atom stereocenters. The van der Waals surface area contributed by atoms with E-state index in [0.717, 1.165) is 23.4 Å². The molecule has 0 atom stereocenters. The molecule has 37 heavy (non-hydrogen) atoms. The van der Waals surface area contributed by atoms with Gasteiger partial charge in [0.2, 0.25) is 9.84 Å². The van der Waals surface area contributed by atoms with Crippen molar-refractivity contribution in [2.24, 2.45) is 0 Å². The van der Waals surface area contributed by atoms with Gasteiger partial charge in [0, 0.05) is 36.1 Å². The summed E-state index contributed by atoms with van der Waals surface area (Å²) >= 11 is 5.87. The third-order valence-corrected chi connectivity index (χ3v) is 8.12. The minimum atomic E-state index is -4.07. The Morgan fingerprint density at radius 2 is 1.76 bits per heavy atom. The van der Waals surface area contributed by atoms with Crippen molar-refractivity contribution in [3.05, 3.63) is 101 Å². The van der Waals surface area contributed by atoms with E-state index in [1.165, 1.54) is 30.6 Å². The molecule has 0 saturated heterocycles. The molecule has 0 saturated carbocycles. The van der Waals surface area contributed by atoms with E-state index in [1.54, 1.807) is 18.1 Å². The molecule has 0 radical (unpaired) electrons. The number of pyridine rings is 2. The third-order valence-electron chi connectivity index (χ3n) is 6.17. The van der Waals surface area contributed by atoms with Gasteiger partial charge in [0.05, 0.1) is 28.3 Å². The molecule has 0 fully saturated rings. The molecule has 2 aromatic heterocycles. The van der Waals surface area contributed by atoms with Crippen LogP contribution in [0.15, 0.2) is 82.8 Å². The van der Waals surface area contributed by atoms with Crippen molar-refractivity contribution in [3.63, 3.8) is 0 Å². The number of carbonyl (C=O) groups is 1. The van der Waals surface area contributed by atoms with Crippen LogP contribution in [0.5, 0.6) is 5.75 Å². The lowest BCUT2D eigenvalue weighted by Crippen LogP contribution is -2.37. The summed E-state index contributed by atoms with van der Waals surface area (Å²) in [6, 6.07) is 15.1. The predicted molar refractivity (Wildman–Crippen MR) is 136 cm³/mol. The molecular weight excluding hydrogens is 517 g/mol. The Morgan fingerprint density at radius 3 is 2.49 bits per heavy atom. The lowest BCUT2D eigenvalue weighted by Gasteiger charge is -2.29. The van der Waals surface area contributed by atoms with Crippen LogP contribution in [0.1, 0.15) is 21.5 Å². The number of carbonyl (C=O) groups excluding carboxylic acids is 1. The second-order valence-corrected chi connectivity index (χ2v) is 10.9. The minimum Gasteiger partial charge on any atom is -0.497 e. The van der Waals surface area contributed by atoms with Gasteiger partial charge in [-0.05, 0) is 66.1 Å². The Labute approximate surface area is 218 Å². The topological polar surface area (TPSA) is 89.5 Å². The lowest BCUT2D eigenvalue weighted by atomic mass is 9.96. The van der Waals surface area contributed by atoms with Gasteiger partial charge in [-0.3, -0.25) is 14.8 Å². The van der Waals surface area contributed by atoms with Crippen LogP contribution in [-0.2, 0) is 22.8 Å². The maximum atomic E-state index is 13.8. The first-order chi connectivity index (χ1) is 17.8. The number of ether oxygens (including phenoxy) is 1. The van der Waals surface area contributed by atoms with Gasteiger partial charge < -0.3 is 9.64 Å². The predicted octanol–water partition coefficient (Wildman–Crippen LogP) is 4.98. The lowest BCUT2D eigenvalue weighted by molar-refractivity contribution is 0.0727. The first-order valence-corrected chi connectivity index (χ1v) is 13.2. The minimum absolute atomic E-state index is 0.0237. The molecule has 1 amide bonds. The fourth-order valence-electron chi connectivity index (χ4n) is 4.31. The number of hydrogen-bond acceptors (Lipinski definition) is 6. The fourth-order valence-corrected chi connectivity index (χ4v) is 5.93. The number of aromatic nitrogens is 2. The van der Waals surface area contributed by atoms with E-state index in [0.29, 0.717) is 42.0 Å². The van der Waals surface area contributed by atoms with E-state index in [4.69, 9.17) is 16.3 Å². The molecule has 1 aliphatic heterocycles. The van der Waals surface area contributed by atoms with Crippen LogP contribution in [0.25, 0.3) is 11.4 Å². The van der Waals surface area contributed by atoms with E-state index in [2.05, 4.69) is 9.97 Å². The highest BCUT2D eigenvalue weighted by Gasteiger charge is 2.28. The molecule has 10 heteroatoms. The van der Waals surface area contributed by atoms with Crippen LogP contribution >= 0.6 is 11.6 Å². The van der Waals surface area contributed by atoms with Gasteiger partial charge in [-0.15, -0.1) is 0 Å². The van der Waals surface area contributed by atoms with Crippen molar-refractivity contribution in [1.82, 2.24) is 14.9 Å². The zero-order chi connectivity index (χ0) is 26.2. The highest BCUT2D eigenvalue weighted by Crippen LogP contribution is 2.31. The number of hydrogen-bond donors (Lipinski definition) is 0. The molecule has 0 bridgehead atoms. The number of benzene rings is 2. The molecule has 5 rings (SSSR count). The van der Waals surface area contributed by atoms with Crippen LogP contribution in [0.2, 0.25) is 5.02 Å². The smallest absolute Gasteiger partial charge is 0.254 e. The van der Waals surface area contributed by atoms with Crippen LogP contribution < -0.4 is 4.74 Å². The molecule has 188 valence electrons. The van der Waals surface area contributed by atoms with Gasteiger partial charge in [-0.25, -0.2) is 12.8 Å². The molecule has 0 spiro atoms. The van der Waals surface area contributed by atoms with Gasteiger partial charge >= 0.3 is 0 Å². The van der Waals surface area contributed by atoms with Gasteiger partial charge in [0.15, 0.2) is 0 Å². The first kappa shape index (κ1) is 24.9. The molecule has 3 heterocycles. The maximum absolute atomic E-state index is 13.8. The van der Waals surface area contributed by atoms with Crippen LogP contribution in [0, 0.1) is 5.82 Å². The monoisotopic (exact) mass is 537 g/mol. The van der Waals surface area contributed by atoms with E-state index >= 15 is 0 Å². The number of amides is 1. The SMILES string of the molecule is COc1ccc(CN2CCc3c(ccnc3-c3cc(S(=O)(=O)c4cc(F)cc(Cl)c4)ccn3)C2=O)cc1. The summed E-state index contributed by atoms with van der Waals surface area (Å²) in [5, 5.41) is -0.0237. The standard InChI is InChI=1S/C27H21ClFN3O4S/c1-36-20-4-2-17(3-5-20)16-32-11-8-23-24(27(32)33)7-10-31-26(23)25-15-21(6-9-30-25)37(34,35)22-13-18(28)12-19(29)14-22/h2-7,9-10,12-15H,8,11,16H2,1H3. The number of rotatable bonds is 6. The van der Waals surface area contributed by atoms with E-state index in [-0.39, 0.29) is 20.7 Å². The number of halogens is 2. The highest BCUT2D eigenvalue weighted by molar-refractivity contribution is 7.91. The second-order valence-electron chi connectivity index (χ2n) is 8.50. The third kappa shape index (κ3) is 4.92. The van der Waals surface area contributed by atoms with Crippen LogP contribution in [-0.4, -0.2) is 42.8 Å². The average Bonchev–Trinajstić information content (AvgIpc) is 2.90. The fraction of sp³-hybridized carbons (Fsp3) is 0.148. The molecule has 4 aromatic rings. The van der Waals surface area contributed by atoms with Crippen molar-refractivity contribution in [3.8, 4) is 17.1 Å². The Balaban J connectivity index is 1.46. The number of methoxy groups -OCH3 is 1. The summed E-state index contributed by atoms with van der Waals surface area (Å²) in [5.74, 6) is -0.150. The van der Waals surface area contributed by atoms with E-state index < -0.39 is 15.7 Å². The van der Waals surface area contributed by atoms with Gasteiger partial charge in [0.1, 0.15) is 11.6 Å². The van der Waals surface area contributed by atoms with Crippen molar-refractivity contribution < 1.29 is 22.3 Å². The zero-order valence-electron chi connectivity index (χ0n) is 19.7. The number of nitrogens with zero attached hydrogens (tertiary/aromatic N) is 3. The summed E-state index contributed by atoms with van der Waals surface area (Å²) < 4.78 is 45.4. The van der Waals surface area contributed by atoms with Crippen molar-refractivity contribution in [2.45, 2.75) is 22.8 Å². The van der Waals surface area contributed by atoms with Crippen molar-refractivity contribution >= 4 is 27.3 Å². The number of fused-ring (bicyclic) bond motifs is 1. The largest absolute Gasteiger partial charge is 0.497 e. The number of sulfone groups is 1. The van der Waals surface area contributed by atoms with Crippen LogP contribution in [0.3, 0.4) is 0 Å². The summed E-state index contributed by atoms with van der Waals surface area (Å²) in [6.45, 7) is 0.915. The molecular formula is C27H21ClFN3O4S. The van der Waals surface area contributed by atoms with E-state index in [9.17, 15) is 17.6 Å². The Morgan fingerprint density at radius 1 is 1.00 bits per heavy atom. The van der Waals surface area contributed by atoms with Crippen LogP contribution in [0.4, 0.5) is 4.39 Å². The molecule has 1 aliphatic rings. The Bertz CT molecular complexity index is 1590. The first-order valence-electron chi connectivity index (χ1n) is 11.3. The normalized spacial score (nSPS) is 13.4. The average molecular weight is 538 g/mol. The molecule has 0 aliphatic carbocycles. The van der Waals surface area contributed by atoms with Gasteiger partial charge in [-0.2, -0.15) is 0 Å². The Hall–Kier alpha value is -3.82. The summed E-state index contributed by atoms with van der Waals surface area (Å²) in [5.41, 5.74) is 2.91. The summed E-state index contributed by atoms with van der Waals surface area (Å²) in [4.78, 5) is 23.5. The quantitative estimate of drug-likeness (QED) is 0.345.